The summed E-state index contributed by atoms with van der Waals surface area (Å²) in [5, 5.41) is 0.741. The molecule has 25 heavy (non-hydrogen) atoms. The maximum Gasteiger partial charge on any atom is 0.416 e. The second-order valence-electron chi connectivity index (χ2n) is 5.50. The van der Waals surface area contributed by atoms with Gasteiger partial charge in [0.05, 0.1) is 12.2 Å². The Labute approximate surface area is 142 Å². The highest BCUT2D eigenvalue weighted by molar-refractivity contribution is 5.96. The number of furan rings is 1. The molecule has 6 heteroatoms. The maximum absolute atomic E-state index is 12.7. The molecule has 1 aromatic heterocycles. The van der Waals surface area contributed by atoms with Crippen molar-refractivity contribution in [2.75, 3.05) is 6.61 Å². The number of benzene rings is 2. The number of carbonyl (C=O) groups is 1. The minimum absolute atomic E-state index is 0.0861. The number of hydrogen-bond acceptors (Lipinski definition) is 3. The van der Waals surface area contributed by atoms with E-state index in [9.17, 15) is 18.0 Å². The van der Waals surface area contributed by atoms with Crippen LogP contribution in [0.2, 0.25) is 0 Å². The maximum atomic E-state index is 12.7. The van der Waals surface area contributed by atoms with E-state index in [0.29, 0.717) is 16.7 Å². The van der Waals surface area contributed by atoms with Gasteiger partial charge >= 0.3 is 12.1 Å². The Morgan fingerprint density at radius 1 is 1.08 bits per heavy atom. The molecule has 0 saturated carbocycles. The summed E-state index contributed by atoms with van der Waals surface area (Å²) in [6.07, 6.45) is -4.11. The van der Waals surface area contributed by atoms with Crippen molar-refractivity contribution in [1.82, 2.24) is 0 Å². The van der Waals surface area contributed by atoms with E-state index in [-0.39, 0.29) is 18.8 Å². The number of fused-ring (bicyclic) bond motifs is 1. The van der Waals surface area contributed by atoms with E-state index in [1.54, 1.807) is 25.1 Å². The first-order valence-electron chi connectivity index (χ1n) is 7.74. The van der Waals surface area contributed by atoms with E-state index in [1.807, 2.05) is 6.07 Å². The van der Waals surface area contributed by atoms with Gasteiger partial charge in [-0.15, -0.1) is 0 Å². The van der Waals surface area contributed by atoms with Crippen LogP contribution in [0.3, 0.4) is 0 Å². The molecular weight excluding hydrogens is 333 g/mol. The molecule has 1 heterocycles. The highest BCUT2D eigenvalue weighted by Gasteiger charge is 2.30. The van der Waals surface area contributed by atoms with Gasteiger partial charge in [-0.05, 0) is 30.7 Å². The lowest BCUT2D eigenvalue weighted by molar-refractivity contribution is -0.137. The van der Waals surface area contributed by atoms with Gasteiger partial charge in [0, 0.05) is 17.4 Å². The van der Waals surface area contributed by atoms with Gasteiger partial charge in [0.15, 0.2) is 0 Å². The van der Waals surface area contributed by atoms with E-state index in [1.165, 1.54) is 12.1 Å². The number of para-hydroxylation sites is 1. The van der Waals surface area contributed by atoms with Crippen LogP contribution in [0.25, 0.3) is 11.0 Å². The zero-order valence-electron chi connectivity index (χ0n) is 13.4. The minimum atomic E-state index is -4.38. The second kappa shape index (κ2) is 6.63. The standard InChI is InChI=1S/C19H15F3O3/c1-2-24-18(23)17-15(14-5-3-4-6-16(14)25-17)11-12-7-9-13(10-8-12)19(20,21)22/h3-10H,2,11H2,1H3. The molecule has 3 nitrogen and oxygen atoms in total. The molecule has 0 amide bonds. The first-order chi connectivity index (χ1) is 11.9. The number of ether oxygens (including phenoxy) is 1. The van der Waals surface area contributed by atoms with Gasteiger partial charge in [0.1, 0.15) is 5.58 Å². The van der Waals surface area contributed by atoms with Crippen LogP contribution in [0, 0.1) is 0 Å². The Morgan fingerprint density at radius 3 is 2.40 bits per heavy atom. The van der Waals surface area contributed by atoms with Gasteiger partial charge in [-0.1, -0.05) is 30.3 Å². The van der Waals surface area contributed by atoms with E-state index >= 15 is 0 Å². The first kappa shape index (κ1) is 17.1. The van der Waals surface area contributed by atoms with Crippen LogP contribution in [0.4, 0.5) is 13.2 Å². The average Bonchev–Trinajstić information content (AvgIpc) is 2.94. The molecule has 0 aliphatic heterocycles. The van der Waals surface area contributed by atoms with Crippen molar-refractivity contribution < 1.29 is 27.1 Å². The normalized spacial score (nSPS) is 11.7. The van der Waals surface area contributed by atoms with Crippen molar-refractivity contribution in [2.45, 2.75) is 19.5 Å². The third-order valence-electron chi connectivity index (χ3n) is 3.82. The van der Waals surface area contributed by atoms with Crippen molar-refractivity contribution in [3.63, 3.8) is 0 Å². The lowest BCUT2D eigenvalue weighted by Crippen LogP contribution is -2.07. The van der Waals surface area contributed by atoms with Crippen molar-refractivity contribution in [3.8, 4) is 0 Å². The SMILES string of the molecule is CCOC(=O)c1oc2ccccc2c1Cc1ccc(C(F)(F)F)cc1. The van der Waals surface area contributed by atoms with Gasteiger partial charge in [-0.25, -0.2) is 4.79 Å². The highest BCUT2D eigenvalue weighted by atomic mass is 19.4. The number of alkyl halides is 3. The summed E-state index contributed by atoms with van der Waals surface area (Å²) in [5.41, 5.74) is 1.07. The number of rotatable bonds is 4. The zero-order valence-corrected chi connectivity index (χ0v) is 13.4. The van der Waals surface area contributed by atoms with E-state index in [0.717, 1.165) is 17.5 Å². The Kier molecular flexibility index (Phi) is 4.53. The zero-order chi connectivity index (χ0) is 18.0. The Morgan fingerprint density at radius 2 is 1.76 bits per heavy atom. The summed E-state index contributed by atoms with van der Waals surface area (Å²) in [5.74, 6) is -0.497. The van der Waals surface area contributed by atoms with Crippen LogP contribution in [-0.4, -0.2) is 12.6 Å². The van der Waals surface area contributed by atoms with E-state index in [2.05, 4.69) is 0 Å². The number of halogens is 3. The molecule has 3 rings (SSSR count). The van der Waals surface area contributed by atoms with Crippen LogP contribution < -0.4 is 0 Å². The molecule has 0 unspecified atom stereocenters. The topological polar surface area (TPSA) is 39.4 Å². The molecule has 2 aromatic carbocycles. The Balaban J connectivity index is 2.00. The van der Waals surface area contributed by atoms with Gasteiger partial charge in [0.2, 0.25) is 5.76 Å². The number of carbonyl (C=O) groups excluding carboxylic acids is 1. The van der Waals surface area contributed by atoms with Crippen molar-refractivity contribution in [2.24, 2.45) is 0 Å². The summed E-state index contributed by atoms with van der Waals surface area (Å²) in [7, 11) is 0. The lowest BCUT2D eigenvalue weighted by Gasteiger charge is -2.08. The fourth-order valence-electron chi connectivity index (χ4n) is 2.65. The van der Waals surface area contributed by atoms with E-state index in [4.69, 9.17) is 9.15 Å². The van der Waals surface area contributed by atoms with E-state index < -0.39 is 17.7 Å². The van der Waals surface area contributed by atoms with Crippen LogP contribution in [0.1, 0.15) is 34.2 Å². The van der Waals surface area contributed by atoms with Crippen molar-refractivity contribution >= 4 is 16.9 Å². The highest BCUT2D eigenvalue weighted by Crippen LogP contribution is 2.31. The fraction of sp³-hybridized carbons (Fsp3) is 0.211. The molecule has 130 valence electrons. The van der Waals surface area contributed by atoms with Crippen LogP contribution >= 0.6 is 0 Å². The molecule has 3 aromatic rings. The summed E-state index contributed by atoms with van der Waals surface area (Å²) >= 11 is 0. The third kappa shape index (κ3) is 3.52. The lowest BCUT2D eigenvalue weighted by atomic mass is 10.0. The average molecular weight is 348 g/mol. The van der Waals surface area contributed by atoms with Crippen LogP contribution in [0.15, 0.2) is 52.9 Å². The molecule has 0 atom stereocenters. The molecule has 0 aliphatic carbocycles. The number of hydrogen-bond donors (Lipinski definition) is 0. The summed E-state index contributed by atoms with van der Waals surface area (Å²) in [6.45, 7) is 1.89. The first-order valence-corrected chi connectivity index (χ1v) is 7.74. The minimum Gasteiger partial charge on any atom is -0.460 e. The smallest absolute Gasteiger partial charge is 0.416 e. The fourth-order valence-corrected chi connectivity index (χ4v) is 2.65. The second-order valence-corrected chi connectivity index (χ2v) is 5.50. The van der Waals surface area contributed by atoms with Gasteiger partial charge in [-0.3, -0.25) is 0 Å². The van der Waals surface area contributed by atoms with Crippen LogP contribution in [0.5, 0.6) is 0 Å². The predicted octanol–water partition coefficient (Wildman–Crippen LogP) is 5.22. The van der Waals surface area contributed by atoms with Gasteiger partial charge in [-0.2, -0.15) is 13.2 Å². The quantitative estimate of drug-likeness (QED) is 0.607. The molecule has 0 saturated heterocycles. The summed E-state index contributed by atoms with van der Waals surface area (Å²) in [6, 6.07) is 12.0. The monoisotopic (exact) mass is 348 g/mol. The largest absolute Gasteiger partial charge is 0.460 e. The Hall–Kier alpha value is -2.76. The summed E-state index contributed by atoms with van der Waals surface area (Å²) < 4.78 is 48.7. The predicted molar refractivity (Wildman–Crippen MR) is 86.4 cm³/mol. The van der Waals surface area contributed by atoms with Crippen molar-refractivity contribution in [3.05, 3.63) is 71.0 Å². The summed E-state index contributed by atoms with van der Waals surface area (Å²) in [4.78, 5) is 12.1. The molecule has 0 fully saturated rings. The molecule has 0 spiro atoms. The molecule has 0 radical (unpaired) electrons. The van der Waals surface area contributed by atoms with Gasteiger partial charge in [0.25, 0.3) is 0 Å². The van der Waals surface area contributed by atoms with Gasteiger partial charge < -0.3 is 9.15 Å². The molecular formula is C19H15F3O3. The number of esters is 1. The van der Waals surface area contributed by atoms with Crippen LogP contribution in [-0.2, 0) is 17.3 Å². The Bertz CT molecular complexity index is 892. The van der Waals surface area contributed by atoms with Crippen molar-refractivity contribution in [1.29, 1.82) is 0 Å². The molecule has 0 N–H and O–H groups in total. The molecule has 0 bridgehead atoms. The third-order valence-corrected chi connectivity index (χ3v) is 3.82. The molecule has 0 aliphatic rings.